The highest BCUT2D eigenvalue weighted by Crippen LogP contribution is 2.32. The summed E-state index contributed by atoms with van der Waals surface area (Å²) in [6, 6.07) is 5.56. The summed E-state index contributed by atoms with van der Waals surface area (Å²) < 4.78 is 12.2. The maximum Gasteiger partial charge on any atom is 0.257 e. The van der Waals surface area contributed by atoms with Crippen molar-refractivity contribution in [1.82, 2.24) is 14.9 Å². The number of benzene rings is 1. The Hall–Kier alpha value is -2.48. The molecule has 1 aliphatic rings. The number of hydrogen-bond donors (Lipinski definition) is 1. The van der Waals surface area contributed by atoms with Crippen LogP contribution in [0, 0.1) is 13.8 Å². The number of aromatic nitrogens is 2. The average Bonchev–Trinajstić information content (AvgIpc) is 3.08. The number of hydrogen-bond acceptors (Lipinski definition) is 6. The zero-order chi connectivity index (χ0) is 20.3. The molecule has 0 saturated carbocycles. The van der Waals surface area contributed by atoms with Crippen molar-refractivity contribution in [3.8, 4) is 11.5 Å². The largest absolute Gasteiger partial charge is 0.493 e. The van der Waals surface area contributed by atoms with Gasteiger partial charge in [0.2, 0.25) is 5.91 Å². The summed E-state index contributed by atoms with van der Waals surface area (Å²) >= 11 is 1.53. The van der Waals surface area contributed by atoms with Crippen molar-refractivity contribution in [2.24, 2.45) is 0 Å². The summed E-state index contributed by atoms with van der Waals surface area (Å²) in [4.78, 5) is 29.4. The molecule has 2 heterocycles. The molecule has 150 valence electrons. The highest BCUT2D eigenvalue weighted by molar-refractivity contribution is 7.99. The van der Waals surface area contributed by atoms with E-state index in [4.69, 9.17) is 9.47 Å². The second-order valence-electron chi connectivity index (χ2n) is 6.74. The topological polar surface area (TPSA) is 82.5 Å². The molecule has 7 nitrogen and oxygen atoms in total. The molecule has 0 fully saturated rings. The van der Waals surface area contributed by atoms with Crippen LogP contribution in [-0.4, -0.2) is 42.0 Å². The van der Waals surface area contributed by atoms with Crippen molar-refractivity contribution >= 4 is 17.7 Å². The fourth-order valence-corrected chi connectivity index (χ4v) is 4.37. The molecule has 0 spiro atoms. The number of rotatable bonds is 7. The lowest BCUT2D eigenvalue weighted by Gasteiger charge is -2.14. The van der Waals surface area contributed by atoms with Crippen LogP contribution in [0.15, 0.2) is 28.2 Å². The second-order valence-corrected chi connectivity index (χ2v) is 7.73. The lowest BCUT2D eigenvalue weighted by atomic mass is 10.1. The van der Waals surface area contributed by atoms with Gasteiger partial charge >= 0.3 is 0 Å². The molecule has 2 aromatic rings. The maximum atomic E-state index is 12.5. The van der Waals surface area contributed by atoms with E-state index in [-0.39, 0.29) is 23.9 Å². The van der Waals surface area contributed by atoms with Crippen molar-refractivity contribution in [3.05, 3.63) is 45.4 Å². The molecule has 28 heavy (non-hydrogen) atoms. The van der Waals surface area contributed by atoms with Gasteiger partial charge in [0.15, 0.2) is 16.7 Å². The fraction of sp³-hybridized carbons (Fsp3) is 0.450. The zero-order valence-electron chi connectivity index (χ0n) is 16.6. The number of thioether (sulfide) groups is 1. The van der Waals surface area contributed by atoms with Gasteiger partial charge in [0.1, 0.15) is 0 Å². The first-order valence-corrected chi connectivity index (χ1v) is 10.1. The van der Waals surface area contributed by atoms with Crippen LogP contribution in [-0.2, 0) is 11.2 Å². The van der Waals surface area contributed by atoms with Gasteiger partial charge in [0.05, 0.1) is 20.3 Å². The normalized spacial score (nSPS) is 15.2. The molecule has 0 saturated heterocycles. The molecular weight excluding hydrogens is 378 g/mol. The van der Waals surface area contributed by atoms with E-state index in [1.54, 1.807) is 25.7 Å². The molecule has 1 atom stereocenters. The number of methoxy groups -OCH3 is 2. The minimum atomic E-state index is -0.152. The number of nitrogens with one attached hydrogen (secondary N) is 1. The number of fused-ring (bicyclic) bond motifs is 1. The van der Waals surface area contributed by atoms with Gasteiger partial charge in [-0.05, 0) is 38.0 Å². The summed E-state index contributed by atoms with van der Waals surface area (Å²) in [5.74, 6) is 1.97. The summed E-state index contributed by atoms with van der Waals surface area (Å²) in [6.45, 7) is 4.13. The number of carbonyl (C=O) groups excluding carboxylic acids is 1. The number of ether oxygens (including phenoxy) is 2. The lowest BCUT2D eigenvalue weighted by Crippen LogP contribution is -2.32. The van der Waals surface area contributed by atoms with E-state index >= 15 is 0 Å². The van der Waals surface area contributed by atoms with E-state index in [2.05, 4.69) is 10.3 Å². The Labute approximate surface area is 168 Å². The van der Waals surface area contributed by atoms with Crippen LogP contribution in [0.5, 0.6) is 11.5 Å². The van der Waals surface area contributed by atoms with E-state index in [9.17, 15) is 9.59 Å². The number of aryl methyl sites for hydroxylation is 1. The maximum absolute atomic E-state index is 12.5. The van der Waals surface area contributed by atoms with Gasteiger partial charge in [-0.25, -0.2) is 4.98 Å². The van der Waals surface area contributed by atoms with Crippen molar-refractivity contribution in [2.75, 3.05) is 26.5 Å². The Bertz CT molecular complexity index is 942. The monoisotopic (exact) mass is 403 g/mol. The third kappa shape index (κ3) is 4.16. The van der Waals surface area contributed by atoms with E-state index in [0.29, 0.717) is 40.9 Å². The first kappa shape index (κ1) is 20.3. The van der Waals surface area contributed by atoms with Crippen LogP contribution >= 0.6 is 11.8 Å². The van der Waals surface area contributed by atoms with Gasteiger partial charge in [0.25, 0.3) is 5.56 Å². The smallest absolute Gasteiger partial charge is 0.257 e. The van der Waals surface area contributed by atoms with Gasteiger partial charge in [-0.15, -0.1) is 0 Å². The van der Waals surface area contributed by atoms with Gasteiger partial charge < -0.3 is 14.8 Å². The van der Waals surface area contributed by atoms with Crippen molar-refractivity contribution in [2.45, 2.75) is 37.9 Å². The van der Waals surface area contributed by atoms with Crippen LogP contribution in [0.1, 0.15) is 29.3 Å². The molecule has 1 N–H and O–H groups in total. The minimum absolute atomic E-state index is 0.0457. The number of carbonyl (C=O) groups is 1. The molecule has 0 aliphatic carbocycles. The van der Waals surface area contributed by atoms with Crippen LogP contribution in [0.25, 0.3) is 0 Å². The molecule has 1 aromatic carbocycles. The summed E-state index contributed by atoms with van der Waals surface area (Å²) in [5.41, 5.74) is 2.40. The van der Waals surface area contributed by atoms with E-state index < -0.39 is 0 Å². The van der Waals surface area contributed by atoms with E-state index in [1.807, 2.05) is 25.1 Å². The molecule has 8 heteroatoms. The van der Waals surface area contributed by atoms with Gasteiger partial charge in [0, 0.05) is 30.0 Å². The second kappa shape index (κ2) is 8.68. The van der Waals surface area contributed by atoms with Gasteiger partial charge in [-0.3, -0.25) is 14.2 Å². The van der Waals surface area contributed by atoms with Crippen LogP contribution in [0.3, 0.4) is 0 Å². The zero-order valence-corrected chi connectivity index (χ0v) is 17.4. The van der Waals surface area contributed by atoms with Crippen LogP contribution in [0.4, 0.5) is 0 Å². The SMILES string of the molecule is COc1ccc(CCNC(=O)CC2CSc3nc(C)c(C)c(=O)n32)cc1OC. The average molecular weight is 404 g/mol. The summed E-state index contributed by atoms with van der Waals surface area (Å²) in [6.07, 6.45) is 0.956. The first-order chi connectivity index (χ1) is 13.4. The molecule has 0 bridgehead atoms. The summed E-state index contributed by atoms with van der Waals surface area (Å²) in [5, 5.41) is 3.65. The van der Waals surface area contributed by atoms with Crippen molar-refractivity contribution < 1.29 is 14.3 Å². The highest BCUT2D eigenvalue weighted by atomic mass is 32.2. The Morgan fingerprint density at radius 2 is 2.04 bits per heavy atom. The van der Waals surface area contributed by atoms with E-state index in [1.165, 1.54) is 11.8 Å². The predicted molar refractivity (Wildman–Crippen MR) is 109 cm³/mol. The summed E-state index contributed by atoms with van der Waals surface area (Å²) in [7, 11) is 3.20. The first-order valence-electron chi connectivity index (χ1n) is 9.14. The Balaban J connectivity index is 1.57. The third-order valence-electron chi connectivity index (χ3n) is 4.93. The number of amides is 1. The Kier molecular flexibility index (Phi) is 6.28. The lowest BCUT2D eigenvalue weighted by molar-refractivity contribution is -0.121. The standard InChI is InChI=1S/C20H25N3O4S/c1-12-13(2)22-20-23(19(12)25)15(11-28-20)10-18(24)21-8-7-14-5-6-16(26-3)17(9-14)27-4/h5-6,9,15H,7-8,10-11H2,1-4H3,(H,21,24). The molecule has 3 rings (SSSR count). The number of nitrogens with zero attached hydrogens (tertiary/aromatic N) is 2. The molecule has 1 aromatic heterocycles. The Morgan fingerprint density at radius 3 is 2.75 bits per heavy atom. The highest BCUT2D eigenvalue weighted by Gasteiger charge is 2.28. The molecule has 1 aliphatic heterocycles. The minimum Gasteiger partial charge on any atom is -0.493 e. The fourth-order valence-electron chi connectivity index (χ4n) is 3.19. The molecule has 1 amide bonds. The van der Waals surface area contributed by atoms with Gasteiger partial charge in [-0.1, -0.05) is 17.8 Å². The van der Waals surface area contributed by atoms with Crippen molar-refractivity contribution in [3.63, 3.8) is 0 Å². The van der Waals surface area contributed by atoms with Crippen LogP contribution in [0.2, 0.25) is 0 Å². The molecular formula is C20H25N3O4S. The quantitative estimate of drug-likeness (QED) is 0.714. The molecule has 0 radical (unpaired) electrons. The third-order valence-corrected chi connectivity index (χ3v) is 6.02. The molecule has 1 unspecified atom stereocenters. The Morgan fingerprint density at radius 1 is 1.29 bits per heavy atom. The van der Waals surface area contributed by atoms with Crippen LogP contribution < -0.4 is 20.3 Å². The predicted octanol–water partition coefficient (Wildman–Crippen LogP) is 2.27. The van der Waals surface area contributed by atoms with Crippen molar-refractivity contribution in [1.29, 1.82) is 0 Å². The van der Waals surface area contributed by atoms with E-state index in [0.717, 1.165) is 11.3 Å². The van der Waals surface area contributed by atoms with Gasteiger partial charge in [-0.2, -0.15) is 0 Å².